The van der Waals surface area contributed by atoms with Crippen LogP contribution in [0.2, 0.25) is 0 Å². The average Bonchev–Trinajstić information content (AvgIpc) is 2.76. The Hall–Kier alpha value is -3.02. The Labute approximate surface area is 182 Å². The zero-order valence-electron chi connectivity index (χ0n) is 17.2. The summed E-state index contributed by atoms with van der Waals surface area (Å²) in [6.07, 6.45) is -7.73. The van der Waals surface area contributed by atoms with Crippen molar-refractivity contribution in [1.82, 2.24) is 0 Å². The molecule has 1 saturated heterocycles. The minimum atomic E-state index is -1.71. The third-order valence-corrected chi connectivity index (χ3v) is 5.61. The zero-order valence-corrected chi connectivity index (χ0v) is 17.2. The second-order valence-electron chi connectivity index (χ2n) is 7.73. The summed E-state index contributed by atoms with van der Waals surface area (Å²) in [6.45, 7) is 1.01. The zero-order chi connectivity index (χ0) is 23.3. The third-order valence-electron chi connectivity index (χ3n) is 5.61. The van der Waals surface area contributed by atoms with E-state index < -0.39 is 54.6 Å². The Bertz CT molecular complexity index is 1090. The van der Waals surface area contributed by atoms with Gasteiger partial charge in [-0.2, -0.15) is 0 Å². The number of aliphatic hydroxyl groups excluding tert-OH is 4. The summed E-state index contributed by atoms with van der Waals surface area (Å²) in [6, 6.07) is 5.51. The lowest BCUT2D eigenvalue weighted by Gasteiger charge is -2.39. The number of methoxy groups -OCH3 is 1. The highest BCUT2D eigenvalue weighted by molar-refractivity contribution is 6.30. The molecule has 2 aliphatic rings. The van der Waals surface area contributed by atoms with Crippen LogP contribution in [0, 0.1) is 6.92 Å². The summed E-state index contributed by atoms with van der Waals surface area (Å²) in [5, 5.41) is 50.0. The van der Waals surface area contributed by atoms with Crippen LogP contribution in [0.4, 0.5) is 0 Å². The van der Waals surface area contributed by atoms with Crippen LogP contribution in [0.3, 0.4) is 0 Å². The fraction of sp³-hybridized carbons (Fsp3) is 0.364. The van der Waals surface area contributed by atoms with E-state index >= 15 is 0 Å². The number of carbonyl (C=O) groups is 2. The van der Waals surface area contributed by atoms with Crippen LogP contribution in [0.15, 0.2) is 24.3 Å². The summed E-state index contributed by atoms with van der Waals surface area (Å²) in [5.41, 5.74) is 0.190. The Balaban J connectivity index is 1.79. The van der Waals surface area contributed by atoms with Crippen LogP contribution >= 0.6 is 0 Å². The number of phenolic OH excluding ortho intramolecular Hbond substituents is 1. The Morgan fingerprint density at radius 3 is 2.28 bits per heavy atom. The van der Waals surface area contributed by atoms with Crippen molar-refractivity contribution < 1.29 is 49.3 Å². The van der Waals surface area contributed by atoms with Gasteiger partial charge in [0, 0.05) is 17.2 Å². The summed E-state index contributed by atoms with van der Waals surface area (Å²) in [7, 11) is 1.36. The minimum Gasteiger partial charge on any atom is -0.507 e. The average molecular weight is 446 g/mol. The van der Waals surface area contributed by atoms with Crippen molar-refractivity contribution >= 4 is 11.6 Å². The Kier molecular flexibility index (Phi) is 5.65. The van der Waals surface area contributed by atoms with E-state index in [1.807, 2.05) is 0 Å². The topological polar surface area (TPSA) is 163 Å². The third kappa shape index (κ3) is 3.42. The maximum Gasteiger partial charge on any atom is 0.229 e. The van der Waals surface area contributed by atoms with Gasteiger partial charge in [0.05, 0.1) is 24.8 Å². The van der Waals surface area contributed by atoms with Crippen molar-refractivity contribution in [2.45, 2.75) is 37.6 Å². The lowest BCUT2D eigenvalue weighted by Crippen LogP contribution is -2.60. The van der Waals surface area contributed by atoms with E-state index in [2.05, 4.69) is 0 Å². The van der Waals surface area contributed by atoms with Crippen LogP contribution < -0.4 is 9.47 Å². The fourth-order valence-corrected chi connectivity index (χ4v) is 3.96. The molecule has 1 aliphatic heterocycles. The molecule has 2 aromatic carbocycles. The lowest BCUT2D eigenvalue weighted by molar-refractivity contribution is -0.277. The standard InChI is InChI=1S/C22H22O10/c1-8-3-10-16(19(27)15-11(17(10)25)5-9(30-2)6-12(15)24)13(4-8)31-22-21(29)20(28)18(26)14(7-23)32-22/h3-6,14,18,20-24,26,28-29H,7H2,1-2H3/t14-,18-,20+,21-,22?/m1/s1. The van der Waals surface area contributed by atoms with Gasteiger partial charge < -0.3 is 39.7 Å². The molecule has 2 aromatic rings. The van der Waals surface area contributed by atoms with Gasteiger partial charge in [0.1, 0.15) is 41.7 Å². The first-order chi connectivity index (χ1) is 15.2. The highest BCUT2D eigenvalue weighted by atomic mass is 16.7. The van der Waals surface area contributed by atoms with Crippen molar-refractivity contribution in [3.05, 3.63) is 52.1 Å². The van der Waals surface area contributed by atoms with Crippen LogP contribution in [-0.4, -0.2) is 81.5 Å². The SMILES string of the molecule is COc1cc(O)c2c(c1)C(=O)c1cc(C)cc(OC3O[C@H](CO)[C@@H](O)[C@H](O)[C@H]3O)c1C2=O. The molecule has 5 atom stereocenters. The molecular formula is C22H22O10. The molecule has 0 amide bonds. The molecule has 0 bridgehead atoms. The molecule has 5 N–H and O–H groups in total. The van der Waals surface area contributed by atoms with Crippen LogP contribution in [0.25, 0.3) is 0 Å². The number of aromatic hydroxyl groups is 1. The molecule has 1 fully saturated rings. The number of rotatable bonds is 4. The van der Waals surface area contributed by atoms with Gasteiger partial charge in [0.2, 0.25) is 12.1 Å². The van der Waals surface area contributed by atoms with E-state index in [0.29, 0.717) is 5.56 Å². The van der Waals surface area contributed by atoms with Crippen molar-refractivity contribution in [3.8, 4) is 17.2 Å². The second-order valence-corrected chi connectivity index (χ2v) is 7.73. The number of carbonyl (C=O) groups excluding carboxylic acids is 2. The molecule has 0 radical (unpaired) electrons. The Morgan fingerprint density at radius 1 is 0.938 bits per heavy atom. The van der Waals surface area contributed by atoms with Crippen LogP contribution in [-0.2, 0) is 4.74 Å². The smallest absolute Gasteiger partial charge is 0.229 e. The highest BCUT2D eigenvalue weighted by Gasteiger charge is 2.45. The van der Waals surface area contributed by atoms with Gasteiger partial charge in [-0.3, -0.25) is 9.59 Å². The number of fused-ring (bicyclic) bond motifs is 2. The van der Waals surface area contributed by atoms with Crippen molar-refractivity contribution in [2.75, 3.05) is 13.7 Å². The monoisotopic (exact) mass is 446 g/mol. The minimum absolute atomic E-state index is 0.0229. The molecule has 10 nitrogen and oxygen atoms in total. The number of aliphatic hydroxyl groups is 4. The number of hydrogen-bond acceptors (Lipinski definition) is 10. The van der Waals surface area contributed by atoms with Gasteiger partial charge in [-0.1, -0.05) is 0 Å². The van der Waals surface area contributed by atoms with Crippen LogP contribution in [0.1, 0.15) is 37.4 Å². The molecule has 0 saturated carbocycles. The molecular weight excluding hydrogens is 424 g/mol. The maximum atomic E-state index is 13.3. The van der Waals surface area contributed by atoms with E-state index in [9.17, 15) is 35.1 Å². The van der Waals surface area contributed by atoms with E-state index in [-0.39, 0.29) is 33.8 Å². The predicted octanol–water partition coefficient (Wildman–Crippen LogP) is -0.337. The summed E-state index contributed by atoms with van der Waals surface area (Å²) >= 11 is 0. The Morgan fingerprint density at radius 2 is 1.62 bits per heavy atom. The van der Waals surface area contributed by atoms with E-state index in [0.717, 1.165) is 0 Å². The first-order valence-electron chi connectivity index (χ1n) is 9.80. The number of ketones is 2. The molecule has 4 rings (SSSR count). The number of hydrogen-bond donors (Lipinski definition) is 5. The number of aryl methyl sites for hydroxylation is 1. The largest absolute Gasteiger partial charge is 0.507 e. The first kappa shape index (κ1) is 22.2. The molecule has 1 aliphatic carbocycles. The fourth-order valence-electron chi connectivity index (χ4n) is 3.96. The summed E-state index contributed by atoms with van der Waals surface area (Å²) in [4.78, 5) is 26.5. The van der Waals surface area contributed by atoms with E-state index in [1.165, 1.54) is 31.4 Å². The van der Waals surface area contributed by atoms with Gasteiger partial charge >= 0.3 is 0 Å². The summed E-state index contributed by atoms with van der Waals surface area (Å²) < 4.78 is 16.1. The molecule has 0 spiro atoms. The van der Waals surface area contributed by atoms with Gasteiger partial charge in [-0.15, -0.1) is 0 Å². The summed E-state index contributed by atoms with van der Waals surface area (Å²) in [5.74, 6) is -1.58. The maximum absolute atomic E-state index is 13.3. The van der Waals surface area contributed by atoms with Gasteiger partial charge in [-0.25, -0.2) is 0 Å². The van der Waals surface area contributed by atoms with Gasteiger partial charge in [-0.05, 0) is 30.7 Å². The molecule has 1 heterocycles. The number of phenols is 1. The molecule has 32 heavy (non-hydrogen) atoms. The van der Waals surface area contributed by atoms with Crippen molar-refractivity contribution in [3.63, 3.8) is 0 Å². The van der Waals surface area contributed by atoms with Crippen molar-refractivity contribution in [2.24, 2.45) is 0 Å². The highest BCUT2D eigenvalue weighted by Crippen LogP contribution is 2.40. The van der Waals surface area contributed by atoms with Gasteiger partial charge in [0.15, 0.2) is 5.78 Å². The van der Waals surface area contributed by atoms with Crippen molar-refractivity contribution in [1.29, 1.82) is 0 Å². The second kappa shape index (κ2) is 8.15. The predicted molar refractivity (Wildman–Crippen MR) is 107 cm³/mol. The quantitative estimate of drug-likeness (QED) is 0.358. The first-order valence-corrected chi connectivity index (χ1v) is 9.80. The molecule has 170 valence electrons. The molecule has 1 unspecified atom stereocenters. The van der Waals surface area contributed by atoms with Crippen LogP contribution in [0.5, 0.6) is 17.2 Å². The van der Waals surface area contributed by atoms with E-state index in [1.54, 1.807) is 6.92 Å². The molecule has 0 aromatic heterocycles. The molecule has 10 heteroatoms. The normalized spacial score (nSPS) is 27.0. The number of benzene rings is 2. The van der Waals surface area contributed by atoms with Gasteiger partial charge in [0.25, 0.3) is 0 Å². The van der Waals surface area contributed by atoms with E-state index in [4.69, 9.17) is 14.2 Å². The lowest BCUT2D eigenvalue weighted by atomic mass is 9.82. The number of ether oxygens (including phenoxy) is 3.